The fraction of sp³-hybridized carbons (Fsp3) is 0.200. The zero-order chi connectivity index (χ0) is 14.6. The van der Waals surface area contributed by atoms with Crippen LogP contribution in [0.15, 0.2) is 47.0 Å². The first-order chi connectivity index (χ1) is 8.95. The number of hydrogen-bond acceptors (Lipinski definition) is 7. The lowest BCUT2D eigenvalue weighted by Crippen LogP contribution is -2.68. The Balaban J connectivity index is 0.000000257. The number of quaternary nitrogens is 1. The van der Waals surface area contributed by atoms with Gasteiger partial charge in [0, 0.05) is 11.1 Å². The molecule has 0 fully saturated rings. The van der Waals surface area contributed by atoms with E-state index in [-0.39, 0.29) is 0 Å². The van der Waals surface area contributed by atoms with Crippen molar-refractivity contribution in [3.05, 3.63) is 47.0 Å². The Morgan fingerprint density at radius 2 is 2.00 bits per heavy atom. The fourth-order valence-electron chi connectivity index (χ4n) is 0.675. The summed E-state index contributed by atoms with van der Waals surface area (Å²) in [5, 5.41) is 4.05. The SMILES string of the molecule is C1=C[NH2+]SC=C1.CC1=CC=CSN1.COS(=O)(=O)[O-]. The van der Waals surface area contributed by atoms with E-state index in [1.807, 2.05) is 53.0 Å². The van der Waals surface area contributed by atoms with E-state index in [1.54, 1.807) is 23.9 Å². The molecule has 0 aliphatic carbocycles. The Labute approximate surface area is 122 Å². The molecule has 9 heteroatoms. The van der Waals surface area contributed by atoms with Crippen LogP contribution in [0.5, 0.6) is 0 Å². The van der Waals surface area contributed by atoms with Crippen molar-refractivity contribution in [2.75, 3.05) is 7.11 Å². The first kappa shape index (κ1) is 18.3. The molecule has 3 N–H and O–H groups in total. The zero-order valence-electron chi connectivity index (χ0n) is 10.5. The maximum atomic E-state index is 9.22. The molecule has 108 valence electrons. The van der Waals surface area contributed by atoms with Gasteiger partial charge < -0.3 is 9.27 Å². The number of nitrogens with two attached hydrogens (primary N) is 1. The van der Waals surface area contributed by atoms with E-state index in [9.17, 15) is 13.0 Å². The standard InChI is InChI=1S/C5H7NS.C4H5NS.CH4O4S/c1-5-3-2-4-7-6-5;1-2-4-6-5-3-1;1-5-6(2,3)4/h2-4,6H,1H3;1-5H;1H3,(H,2,3,4). The van der Waals surface area contributed by atoms with Crippen molar-refractivity contribution < 1.29 is 21.9 Å². The van der Waals surface area contributed by atoms with Gasteiger partial charge in [0.1, 0.15) is 18.1 Å². The molecule has 2 aliphatic heterocycles. The molecule has 19 heavy (non-hydrogen) atoms. The summed E-state index contributed by atoms with van der Waals surface area (Å²) in [5.41, 5.74) is 1.22. The maximum absolute atomic E-state index is 9.22. The third kappa shape index (κ3) is 15.2. The normalized spacial score (nSPS) is 16.3. The van der Waals surface area contributed by atoms with E-state index in [0.717, 1.165) is 7.11 Å². The maximum Gasteiger partial charge on any atom is 0.217 e. The second kappa shape index (κ2) is 11.1. The minimum Gasteiger partial charge on any atom is -0.726 e. The van der Waals surface area contributed by atoms with Crippen LogP contribution in [0.3, 0.4) is 0 Å². The zero-order valence-corrected chi connectivity index (χ0v) is 12.9. The van der Waals surface area contributed by atoms with Crippen molar-refractivity contribution in [2.24, 2.45) is 0 Å². The van der Waals surface area contributed by atoms with Crippen molar-refractivity contribution in [2.45, 2.75) is 6.92 Å². The molecule has 0 saturated heterocycles. The minimum atomic E-state index is -4.41. The number of rotatable bonds is 1. The first-order valence-corrected chi connectivity index (χ1v) is 8.18. The molecule has 0 atom stereocenters. The monoisotopic (exact) mass is 324 g/mol. The van der Waals surface area contributed by atoms with Crippen LogP contribution in [0.25, 0.3) is 0 Å². The Bertz CT molecular complexity index is 443. The van der Waals surface area contributed by atoms with Gasteiger partial charge in [0.05, 0.1) is 7.11 Å². The highest BCUT2D eigenvalue weighted by molar-refractivity contribution is 8.00. The molecule has 0 radical (unpaired) electrons. The molecular weight excluding hydrogens is 308 g/mol. The van der Waals surface area contributed by atoms with E-state index < -0.39 is 10.4 Å². The largest absolute Gasteiger partial charge is 0.726 e. The summed E-state index contributed by atoms with van der Waals surface area (Å²) in [5.74, 6) is 0. The first-order valence-electron chi connectivity index (χ1n) is 5.02. The Kier molecular flexibility index (Phi) is 10.7. The van der Waals surface area contributed by atoms with E-state index in [1.165, 1.54) is 5.70 Å². The number of nitrogens with one attached hydrogen (secondary N) is 1. The van der Waals surface area contributed by atoms with Gasteiger partial charge in [-0.1, -0.05) is 6.08 Å². The second-order valence-electron chi connectivity index (χ2n) is 2.96. The van der Waals surface area contributed by atoms with Gasteiger partial charge in [0.2, 0.25) is 10.4 Å². The van der Waals surface area contributed by atoms with E-state index in [4.69, 9.17) is 0 Å². The lowest BCUT2D eigenvalue weighted by molar-refractivity contribution is -0.395. The van der Waals surface area contributed by atoms with Crippen LogP contribution in [0.4, 0.5) is 0 Å². The molecule has 2 aliphatic rings. The predicted molar refractivity (Wildman–Crippen MR) is 78.1 cm³/mol. The summed E-state index contributed by atoms with van der Waals surface area (Å²) < 4.78 is 36.1. The van der Waals surface area contributed by atoms with Gasteiger partial charge in [-0.2, -0.15) is 0 Å². The molecule has 0 amide bonds. The lowest BCUT2D eigenvalue weighted by Gasteiger charge is -2.02. The van der Waals surface area contributed by atoms with Crippen LogP contribution in [-0.4, -0.2) is 20.1 Å². The molecule has 0 bridgehead atoms. The van der Waals surface area contributed by atoms with Crippen LogP contribution in [0, 0.1) is 0 Å². The number of hydrogen-bond donors (Lipinski definition) is 2. The molecule has 2 heterocycles. The highest BCUT2D eigenvalue weighted by atomic mass is 32.3. The average molecular weight is 324 g/mol. The smallest absolute Gasteiger partial charge is 0.217 e. The fourth-order valence-corrected chi connectivity index (χ4v) is 1.61. The quantitative estimate of drug-likeness (QED) is 0.422. The Morgan fingerprint density at radius 3 is 2.16 bits per heavy atom. The van der Waals surface area contributed by atoms with Gasteiger partial charge >= 0.3 is 0 Å². The Morgan fingerprint density at radius 1 is 1.32 bits per heavy atom. The van der Waals surface area contributed by atoms with Crippen LogP contribution in [0.1, 0.15) is 6.92 Å². The third-order valence-corrected chi connectivity index (χ3v) is 3.22. The molecule has 0 saturated carbocycles. The Hall–Kier alpha value is -0.710. The van der Waals surface area contributed by atoms with Crippen LogP contribution in [-0.2, 0) is 14.6 Å². The lowest BCUT2D eigenvalue weighted by atomic mass is 10.4. The third-order valence-electron chi connectivity index (χ3n) is 1.45. The highest BCUT2D eigenvalue weighted by Crippen LogP contribution is 2.05. The summed E-state index contributed by atoms with van der Waals surface area (Å²) in [7, 11) is -3.60. The summed E-state index contributed by atoms with van der Waals surface area (Å²) in [6.45, 7) is 2.04. The van der Waals surface area contributed by atoms with Gasteiger partial charge in [0.15, 0.2) is 0 Å². The van der Waals surface area contributed by atoms with E-state index >= 15 is 0 Å². The van der Waals surface area contributed by atoms with Crippen LogP contribution in [0.2, 0.25) is 0 Å². The molecule has 6 nitrogen and oxygen atoms in total. The van der Waals surface area contributed by atoms with Crippen molar-refractivity contribution in [3.63, 3.8) is 0 Å². The summed E-state index contributed by atoms with van der Waals surface area (Å²) in [6.07, 6.45) is 10.1. The average Bonchev–Trinajstić information content (AvgIpc) is 2.42. The molecular formula is C10H16N2O4S3. The predicted octanol–water partition coefficient (Wildman–Crippen LogP) is 0.987. The second-order valence-corrected chi connectivity index (χ2v) is 5.64. The summed E-state index contributed by atoms with van der Waals surface area (Å²) >= 11 is 3.31. The van der Waals surface area contributed by atoms with Gasteiger partial charge in [-0.05, 0) is 42.5 Å². The number of allylic oxidation sites excluding steroid dienone is 5. The van der Waals surface area contributed by atoms with Crippen molar-refractivity contribution >= 4 is 34.3 Å². The molecule has 0 unspecified atom stereocenters. The molecule has 2 rings (SSSR count). The minimum absolute atomic E-state index is 0.808. The van der Waals surface area contributed by atoms with Gasteiger partial charge in [-0.15, -0.1) is 0 Å². The summed E-state index contributed by atoms with van der Waals surface area (Å²) in [4.78, 5) is 0. The van der Waals surface area contributed by atoms with Gasteiger partial charge in [0.25, 0.3) is 0 Å². The van der Waals surface area contributed by atoms with E-state index in [2.05, 4.69) is 8.91 Å². The van der Waals surface area contributed by atoms with Crippen molar-refractivity contribution in [3.8, 4) is 0 Å². The topological polar surface area (TPSA) is 95.1 Å². The van der Waals surface area contributed by atoms with Crippen LogP contribution >= 0.6 is 23.9 Å². The van der Waals surface area contributed by atoms with E-state index in [0.29, 0.717) is 0 Å². The van der Waals surface area contributed by atoms with Crippen molar-refractivity contribution in [1.82, 2.24) is 4.72 Å². The molecule has 0 spiro atoms. The highest BCUT2D eigenvalue weighted by Gasteiger charge is 1.86. The van der Waals surface area contributed by atoms with Crippen LogP contribution < -0.4 is 9.44 Å². The summed E-state index contributed by atoms with van der Waals surface area (Å²) in [6, 6.07) is 0. The van der Waals surface area contributed by atoms with Gasteiger partial charge in [-0.3, -0.25) is 8.91 Å². The van der Waals surface area contributed by atoms with Gasteiger partial charge in [-0.25, -0.2) is 8.42 Å². The van der Waals surface area contributed by atoms with Crippen molar-refractivity contribution in [1.29, 1.82) is 0 Å². The molecule has 0 aromatic heterocycles. The molecule has 0 aromatic rings. The molecule has 0 aromatic carbocycles.